The van der Waals surface area contributed by atoms with Crippen LogP contribution in [-0.2, 0) is 0 Å². The van der Waals surface area contributed by atoms with Crippen molar-refractivity contribution < 1.29 is 13.6 Å². The number of nitrogens with zero attached hydrogens (tertiary/aromatic N) is 2. The number of aromatic nitrogens is 1. The lowest BCUT2D eigenvalue weighted by atomic mass is 10.1. The van der Waals surface area contributed by atoms with Gasteiger partial charge in [-0.1, -0.05) is 0 Å². The molecule has 0 aliphatic heterocycles. The van der Waals surface area contributed by atoms with Gasteiger partial charge in [-0.2, -0.15) is 0 Å². The van der Waals surface area contributed by atoms with Crippen molar-refractivity contribution in [2.45, 2.75) is 0 Å². The molecule has 0 saturated heterocycles. The van der Waals surface area contributed by atoms with Crippen LogP contribution in [0.15, 0.2) is 36.7 Å². The van der Waals surface area contributed by atoms with E-state index >= 15 is 0 Å². The molecule has 0 radical (unpaired) electrons. The third-order valence-electron chi connectivity index (χ3n) is 2.88. The van der Waals surface area contributed by atoms with E-state index in [4.69, 9.17) is 0 Å². The van der Waals surface area contributed by atoms with E-state index in [1.807, 2.05) is 0 Å². The van der Waals surface area contributed by atoms with Crippen molar-refractivity contribution in [2.24, 2.45) is 0 Å². The van der Waals surface area contributed by atoms with Gasteiger partial charge in [-0.3, -0.25) is 9.78 Å². The first kappa shape index (κ1) is 13.9. The summed E-state index contributed by atoms with van der Waals surface area (Å²) in [5, 5.41) is 2.41. The molecule has 0 spiro atoms. The SMILES string of the molecule is CNc1c(F)cc(C(=O)N(C)c2cccnc2)cc1F. The van der Waals surface area contributed by atoms with Crippen molar-refractivity contribution >= 4 is 17.3 Å². The molecule has 2 rings (SSSR count). The Kier molecular flexibility index (Phi) is 3.93. The Bertz CT molecular complexity index is 609. The molecule has 20 heavy (non-hydrogen) atoms. The molecule has 1 aromatic carbocycles. The lowest BCUT2D eigenvalue weighted by Gasteiger charge is -2.17. The van der Waals surface area contributed by atoms with Gasteiger partial charge in [0.2, 0.25) is 0 Å². The topological polar surface area (TPSA) is 45.2 Å². The minimum absolute atomic E-state index is 0.0645. The molecule has 0 unspecified atom stereocenters. The largest absolute Gasteiger partial charge is 0.383 e. The van der Waals surface area contributed by atoms with Crippen LogP contribution in [-0.4, -0.2) is 25.0 Å². The van der Waals surface area contributed by atoms with Crippen molar-refractivity contribution in [3.05, 3.63) is 53.9 Å². The fraction of sp³-hybridized carbons (Fsp3) is 0.143. The molecule has 0 aliphatic carbocycles. The molecule has 4 nitrogen and oxygen atoms in total. The van der Waals surface area contributed by atoms with Crippen LogP contribution in [0, 0.1) is 11.6 Å². The first-order chi connectivity index (χ1) is 9.54. The molecule has 0 fully saturated rings. The van der Waals surface area contributed by atoms with Crippen molar-refractivity contribution in [3.63, 3.8) is 0 Å². The van der Waals surface area contributed by atoms with Crippen molar-refractivity contribution in [3.8, 4) is 0 Å². The van der Waals surface area contributed by atoms with E-state index in [1.54, 1.807) is 18.3 Å². The number of pyridine rings is 1. The van der Waals surface area contributed by atoms with Crippen LogP contribution in [0.3, 0.4) is 0 Å². The standard InChI is InChI=1S/C14H13F2N3O/c1-17-13-11(15)6-9(7-12(13)16)14(20)19(2)10-4-3-5-18-8-10/h3-8,17H,1-2H3. The maximum Gasteiger partial charge on any atom is 0.258 e. The minimum atomic E-state index is -0.810. The molecule has 0 atom stereocenters. The number of rotatable bonds is 3. The Morgan fingerprint density at radius 3 is 2.45 bits per heavy atom. The lowest BCUT2D eigenvalue weighted by molar-refractivity contribution is 0.0992. The van der Waals surface area contributed by atoms with E-state index in [-0.39, 0.29) is 11.3 Å². The summed E-state index contributed by atoms with van der Waals surface area (Å²) < 4.78 is 27.3. The van der Waals surface area contributed by atoms with Crippen LogP contribution in [0.2, 0.25) is 0 Å². The van der Waals surface area contributed by atoms with Gasteiger partial charge in [-0.15, -0.1) is 0 Å². The Hall–Kier alpha value is -2.50. The molecular weight excluding hydrogens is 264 g/mol. The maximum absolute atomic E-state index is 13.7. The highest BCUT2D eigenvalue weighted by atomic mass is 19.1. The summed E-state index contributed by atoms with van der Waals surface area (Å²) in [6, 6.07) is 5.36. The summed E-state index contributed by atoms with van der Waals surface area (Å²) in [5.41, 5.74) is 0.215. The Morgan fingerprint density at radius 2 is 1.95 bits per heavy atom. The molecule has 1 heterocycles. The Labute approximate surface area is 115 Å². The van der Waals surface area contributed by atoms with Crippen LogP contribution < -0.4 is 10.2 Å². The normalized spacial score (nSPS) is 10.2. The second-order valence-electron chi connectivity index (χ2n) is 4.14. The number of hydrogen-bond acceptors (Lipinski definition) is 3. The smallest absolute Gasteiger partial charge is 0.258 e. The zero-order valence-corrected chi connectivity index (χ0v) is 11.0. The van der Waals surface area contributed by atoms with E-state index in [2.05, 4.69) is 10.3 Å². The monoisotopic (exact) mass is 277 g/mol. The first-order valence-corrected chi connectivity index (χ1v) is 5.89. The van der Waals surface area contributed by atoms with Gasteiger partial charge in [0.05, 0.1) is 11.9 Å². The molecule has 6 heteroatoms. The molecule has 0 saturated carbocycles. The zero-order valence-electron chi connectivity index (χ0n) is 11.0. The van der Waals surface area contributed by atoms with E-state index in [0.29, 0.717) is 5.69 Å². The quantitative estimate of drug-likeness (QED) is 0.938. The second-order valence-corrected chi connectivity index (χ2v) is 4.14. The van der Waals surface area contributed by atoms with Crippen LogP contribution in [0.5, 0.6) is 0 Å². The fourth-order valence-corrected chi connectivity index (χ4v) is 1.80. The van der Waals surface area contributed by atoms with Gasteiger partial charge in [0, 0.05) is 25.9 Å². The summed E-state index contributed by atoms with van der Waals surface area (Å²) in [4.78, 5) is 17.4. The average Bonchev–Trinajstić information content (AvgIpc) is 2.46. The summed E-state index contributed by atoms with van der Waals surface area (Å²) in [6.07, 6.45) is 3.06. The number of hydrogen-bond donors (Lipinski definition) is 1. The van der Waals surface area contributed by atoms with Crippen LogP contribution >= 0.6 is 0 Å². The molecule has 0 aliphatic rings. The molecule has 1 N–H and O–H groups in total. The van der Waals surface area contributed by atoms with E-state index in [0.717, 1.165) is 12.1 Å². The number of carbonyl (C=O) groups excluding carboxylic acids is 1. The number of amides is 1. The Morgan fingerprint density at radius 1 is 1.30 bits per heavy atom. The van der Waals surface area contributed by atoms with Crippen LogP contribution in [0.4, 0.5) is 20.2 Å². The third-order valence-corrected chi connectivity index (χ3v) is 2.88. The summed E-state index contributed by atoms with van der Waals surface area (Å²) in [7, 11) is 2.92. The summed E-state index contributed by atoms with van der Waals surface area (Å²) in [5.74, 6) is -2.13. The lowest BCUT2D eigenvalue weighted by Crippen LogP contribution is -2.26. The second kappa shape index (κ2) is 5.64. The molecular formula is C14H13F2N3O. The van der Waals surface area contributed by atoms with Gasteiger partial charge >= 0.3 is 0 Å². The van der Waals surface area contributed by atoms with Gasteiger partial charge in [0.15, 0.2) is 0 Å². The Balaban J connectivity index is 2.35. The van der Waals surface area contributed by atoms with Crippen LogP contribution in [0.1, 0.15) is 10.4 Å². The maximum atomic E-state index is 13.7. The van der Waals surface area contributed by atoms with Gasteiger partial charge in [0.25, 0.3) is 5.91 Å². The van der Waals surface area contributed by atoms with Gasteiger partial charge in [-0.05, 0) is 24.3 Å². The van der Waals surface area contributed by atoms with Crippen molar-refractivity contribution in [2.75, 3.05) is 24.3 Å². The summed E-state index contributed by atoms with van der Waals surface area (Å²) in [6.45, 7) is 0. The number of anilines is 2. The first-order valence-electron chi connectivity index (χ1n) is 5.89. The van der Waals surface area contributed by atoms with E-state index in [9.17, 15) is 13.6 Å². The molecule has 1 aromatic heterocycles. The van der Waals surface area contributed by atoms with Crippen LogP contribution in [0.25, 0.3) is 0 Å². The minimum Gasteiger partial charge on any atom is -0.383 e. The predicted molar refractivity (Wildman–Crippen MR) is 72.9 cm³/mol. The fourth-order valence-electron chi connectivity index (χ4n) is 1.80. The number of benzene rings is 1. The molecule has 2 aromatic rings. The summed E-state index contributed by atoms with van der Waals surface area (Å²) >= 11 is 0. The number of halogens is 2. The van der Waals surface area contributed by atoms with E-state index in [1.165, 1.54) is 25.2 Å². The number of nitrogens with one attached hydrogen (secondary N) is 1. The predicted octanol–water partition coefficient (Wildman–Crippen LogP) is 2.68. The molecule has 0 bridgehead atoms. The van der Waals surface area contributed by atoms with Gasteiger partial charge in [0.1, 0.15) is 17.3 Å². The van der Waals surface area contributed by atoms with Gasteiger partial charge in [-0.25, -0.2) is 8.78 Å². The van der Waals surface area contributed by atoms with Gasteiger partial charge < -0.3 is 10.2 Å². The highest BCUT2D eigenvalue weighted by Gasteiger charge is 2.18. The average molecular weight is 277 g/mol. The van der Waals surface area contributed by atoms with E-state index < -0.39 is 17.5 Å². The van der Waals surface area contributed by atoms with Crippen molar-refractivity contribution in [1.82, 2.24) is 4.98 Å². The highest BCUT2D eigenvalue weighted by molar-refractivity contribution is 6.05. The highest BCUT2D eigenvalue weighted by Crippen LogP contribution is 2.22. The number of carbonyl (C=O) groups is 1. The molecule has 1 amide bonds. The molecule has 104 valence electrons. The third kappa shape index (κ3) is 2.59. The van der Waals surface area contributed by atoms with Crippen molar-refractivity contribution in [1.29, 1.82) is 0 Å². The zero-order chi connectivity index (χ0) is 14.7.